The van der Waals surface area contributed by atoms with Crippen molar-refractivity contribution in [2.75, 3.05) is 0 Å². The molecule has 0 unspecified atom stereocenters. The van der Waals surface area contributed by atoms with Crippen molar-refractivity contribution >= 4 is 17.4 Å². The van der Waals surface area contributed by atoms with Crippen LogP contribution >= 0.6 is 11.6 Å². The van der Waals surface area contributed by atoms with Gasteiger partial charge in [0.1, 0.15) is 5.75 Å². The number of hydrogen-bond acceptors (Lipinski definition) is 2. The maximum Gasteiger partial charge on any atom is 0.164 e. The van der Waals surface area contributed by atoms with Gasteiger partial charge in [0.2, 0.25) is 0 Å². The Morgan fingerprint density at radius 1 is 1.47 bits per heavy atom. The van der Waals surface area contributed by atoms with E-state index in [-0.39, 0.29) is 11.9 Å². The molecule has 0 saturated heterocycles. The van der Waals surface area contributed by atoms with Crippen LogP contribution in [0.4, 0.5) is 0 Å². The van der Waals surface area contributed by atoms with Gasteiger partial charge in [-0.2, -0.15) is 0 Å². The number of benzene rings is 1. The summed E-state index contributed by atoms with van der Waals surface area (Å²) in [6.45, 7) is 5.70. The summed E-state index contributed by atoms with van der Waals surface area (Å²) in [6.07, 6.45) is 0.568. The molecule has 0 N–H and O–H groups in total. The van der Waals surface area contributed by atoms with Gasteiger partial charge in [-0.25, -0.2) is 0 Å². The fourth-order valence-corrected chi connectivity index (χ4v) is 1.53. The highest BCUT2D eigenvalue weighted by molar-refractivity contribution is 6.34. The van der Waals surface area contributed by atoms with Crippen LogP contribution < -0.4 is 4.74 Å². The largest absolute Gasteiger partial charge is 0.491 e. The van der Waals surface area contributed by atoms with E-state index >= 15 is 0 Å². The van der Waals surface area contributed by atoms with Crippen molar-refractivity contribution in [2.24, 2.45) is 0 Å². The van der Waals surface area contributed by atoms with Gasteiger partial charge in [-0.3, -0.25) is 4.79 Å². The lowest BCUT2D eigenvalue weighted by Gasteiger charge is -2.10. The Kier molecular flexibility index (Phi) is 4.15. The van der Waals surface area contributed by atoms with Crippen LogP contribution in [0, 0.1) is 0 Å². The smallest absolute Gasteiger partial charge is 0.164 e. The number of halogens is 1. The molecule has 0 fully saturated rings. The van der Waals surface area contributed by atoms with Gasteiger partial charge in [0, 0.05) is 12.0 Å². The first-order valence-electron chi connectivity index (χ1n) is 5.04. The average Bonchev–Trinajstić information content (AvgIpc) is 2.16. The first-order chi connectivity index (χ1) is 7.04. The summed E-state index contributed by atoms with van der Waals surface area (Å²) in [5.74, 6) is 0.749. The molecule has 0 aliphatic carbocycles. The van der Waals surface area contributed by atoms with E-state index in [4.69, 9.17) is 16.3 Å². The van der Waals surface area contributed by atoms with Crippen molar-refractivity contribution in [2.45, 2.75) is 33.3 Å². The molecule has 0 radical (unpaired) electrons. The van der Waals surface area contributed by atoms with Gasteiger partial charge in [-0.15, -0.1) is 0 Å². The van der Waals surface area contributed by atoms with Crippen LogP contribution in [0.5, 0.6) is 5.75 Å². The topological polar surface area (TPSA) is 26.3 Å². The van der Waals surface area contributed by atoms with Crippen molar-refractivity contribution in [3.05, 3.63) is 28.8 Å². The highest BCUT2D eigenvalue weighted by Crippen LogP contribution is 2.24. The summed E-state index contributed by atoms with van der Waals surface area (Å²) < 4.78 is 5.47. The number of hydrogen-bond donors (Lipinski definition) is 0. The highest BCUT2D eigenvalue weighted by Gasteiger charge is 2.09. The molecule has 1 rings (SSSR count). The molecule has 82 valence electrons. The van der Waals surface area contributed by atoms with Gasteiger partial charge in [0.05, 0.1) is 11.1 Å². The maximum absolute atomic E-state index is 11.4. The van der Waals surface area contributed by atoms with E-state index in [1.165, 1.54) is 0 Å². The molecule has 15 heavy (non-hydrogen) atoms. The Hall–Kier alpha value is -1.02. The van der Waals surface area contributed by atoms with Crippen LogP contribution in [0.2, 0.25) is 5.02 Å². The summed E-state index contributed by atoms with van der Waals surface area (Å²) >= 11 is 5.99. The van der Waals surface area contributed by atoms with Gasteiger partial charge >= 0.3 is 0 Å². The molecule has 0 heterocycles. The molecule has 0 atom stereocenters. The second-order valence-electron chi connectivity index (χ2n) is 3.58. The molecule has 0 saturated carbocycles. The number of carbonyl (C=O) groups is 1. The van der Waals surface area contributed by atoms with Crippen LogP contribution in [0.25, 0.3) is 0 Å². The molecule has 0 spiro atoms. The normalized spacial score (nSPS) is 10.5. The van der Waals surface area contributed by atoms with Crippen LogP contribution in [0.1, 0.15) is 37.6 Å². The second kappa shape index (κ2) is 5.17. The Morgan fingerprint density at radius 3 is 2.60 bits per heavy atom. The van der Waals surface area contributed by atoms with Gasteiger partial charge in [-0.1, -0.05) is 18.5 Å². The van der Waals surface area contributed by atoms with E-state index in [0.717, 1.165) is 0 Å². The minimum Gasteiger partial charge on any atom is -0.491 e. The molecular formula is C12H15ClO2. The van der Waals surface area contributed by atoms with E-state index in [1.807, 2.05) is 20.8 Å². The first kappa shape index (κ1) is 12.1. The lowest BCUT2D eigenvalue weighted by Crippen LogP contribution is -2.06. The number of carbonyl (C=O) groups excluding carboxylic acids is 1. The fourth-order valence-electron chi connectivity index (χ4n) is 1.26. The quantitative estimate of drug-likeness (QED) is 0.732. The van der Waals surface area contributed by atoms with Crippen molar-refractivity contribution in [1.29, 1.82) is 0 Å². The van der Waals surface area contributed by atoms with Crippen molar-refractivity contribution in [1.82, 2.24) is 0 Å². The maximum atomic E-state index is 11.4. The summed E-state index contributed by atoms with van der Waals surface area (Å²) in [6, 6.07) is 5.17. The first-order valence-corrected chi connectivity index (χ1v) is 5.41. The van der Waals surface area contributed by atoms with Crippen molar-refractivity contribution in [3.8, 4) is 5.75 Å². The Bertz CT molecular complexity index is 359. The third kappa shape index (κ3) is 3.24. The zero-order valence-corrected chi connectivity index (χ0v) is 9.97. The Morgan fingerprint density at radius 2 is 2.13 bits per heavy atom. The minimum atomic E-state index is 0.0519. The van der Waals surface area contributed by atoms with E-state index in [9.17, 15) is 4.79 Å². The van der Waals surface area contributed by atoms with Crippen molar-refractivity contribution < 1.29 is 9.53 Å². The third-order valence-corrected chi connectivity index (χ3v) is 2.25. The molecular weight excluding hydrogens is 212 g/mol. The van der Waals surface area contributed by atoms with Crippen LogP contribution in [-0.4, -0.2) is 11.9 Å². The monoisotopic (exact) mass is 226 g/mol. The number of rotatable bonds is 4. The summed E-state index contributed by atoms with van der Waals surface area (Å²) in [5.41, 5.74) is 0.565. The molecule has 0 amide bonds. The van der Waals surface area contributed by atoms with Gasteiger partial charge in [0.15, 0.2) is 5.78 Å². The predicted octanol–water partition coefficient (Wildman–Crippen LogP) is 3.72. The number of Topliss-reactive ketones (excluding diaryl/α,β-unsaturated/α-hetero) is 1. The zero-order valence-electron chi connectivity index (χ0n) is 9.21. The molecule has 1 aromatic carbocycles. The number of ketones is 1. The second-order valence-corrected chi connectivity index (χ2v) is 3.99. The lowest BCUT2D eigenvalue weighted by molar-refractivity contribution is 0.0988. The molecule has 1 aromatic rings. The lowest BCUT2D eigenvalue weighted by atomic mass is 10.1. The van der Waals surface area contributed by atoms with Gasteiger partial charge in [-0.05, 0) is 32.0 Å². The van der Waals surface area contributed by atoms with E-state index < -0.39 is 0 Å². The van der Waals surface area contributed by atoms with Gasteiger partial charge in [0.25, 0.3) is 0 Å². The Balaban J connectivity index is 2.93. The molecule has 0 aromatic heterocycles. The van der Waals surface area contributed by atoms with E-state index in [1.54, 1.807) is 18.2 Å². The predicted molar refractivity (Wildman–Crippen MR) is 61.8 cm³/mol. The summed E-state index contributed by atoms with van der Waals surface area (Å²) in [5, 5.41) is 0.458. The molecule has 3 heteroatoms. The van der Waals surface area contributed by atoms with Crippen LogP contribution in [0.3, 0.4) is 0 Å². The van der Waals surface area contributed by atoms with E-state index in [0.29, 0.717) is 22.8 Å². The van der Waals surface area contributed by atoms with E-state index in [2.05, 4.69) is 0 Å². The molecule has 0 aliphatic heterocycles. The highest BCUT2D eigenvalue weighted by atomic mass is 35.5. The molecule has 0 aliphatic rings. The summed E-state index contributed by atoms with van der Waals surface area (Å²) in [7, 11) is 0. The SMILES string of the molecule is CCC(=O)c1ccc(OC(C)C)cc1Cl. The average molecular weight is 227 g/mol. The summed E-state index contributed by atoms with van der Waals surface area (Å²) in [4.78, 5) is 11.4. The minimum absolute atomic E-state index is 0.0519. The number of ether oxygens (including phenoxy) is 1. The fraction of sp³-hybridized carbons (Fsp3) is 0.417. The van der Waals surface area contributed by atoms with Crippen LogP contribution in [0.15, 0.2) is 18.2 Å². The zero-order chi connectivity index (χ0) is 11.4. The third-order valence-electron chi connectivity index (χ3n) is 1.93. The van der Waals surface area contributed by atoms with Crippen LogP contribution in [-0.2, 0) is 0 Å². The standard InChI is InChI=1S/C12H15ClO2/c1-4-12(14)10-6-5-9(7-11(10)13)15-8(2)3/h5-8H,4H2,1-3H3. The Labute approximate surface area is 95.2 Å². The molecule has 0 bridgehead atoms. The van der Waals surface area contributed by atoms with Crippen molar-refractivity contribution in [3.63, 3.8) is 0 Å². The van der Waals surface area contributed by atoms with Gasteiger partial charge < -0.3 is 4.74 Å². The molecule has 2 nitrogen and oxygen atoms in total.